The van der Waals surface area contributed by atoms with Crippen molar-refractivity contribution in [3.8, 4) is 6.07 Å². The normalized spacial score (nSPS) is 24.4. The maximum atomic E-state index is 10.8. The monoisotopic (exact) mass is 362 g/mol. The molecular formula is C17H19BrN2O2. The van der Waals surface area contributed by atoms with Crippen LogP contribution >= 0.6 is 15.9 Å². The maximum absolute atomic E-state index is 10.8. The molecule has 3 rings (SSSR count). The first-order chi connectivity index (χ1) is 10.7. The predicted octanol–water partition coefficient (Wildman–Crippen LogP) is 3.08. The van der Waals surface area contributed by atoms with E-state index in [0.29, 0.717) is 12.0 Å². The number of fused-ring (bicyclic) bond motifs is 1. The van der Waals surface area contributed by atoms with E-state index in [-0.39, 0.29) is 12.6 Å². The Morgan fingerprint density at radius 1 is 1.36 bits per heavy atom. The Morgan fingerprint density at radius 3 is 2.86 bits per heavy atom. The first-order valence-electron chi connectivity index (χ1n) is 7.66. The number of hydrogen-bond donors (Lipinski definition) is 2. The molecule has 0 spiro atoms. The van der Waals surface area contributed by atoms with Gasteiger partial charge in [0, 0.05) is 16.8 Å². The van der Waals surface area contributed by atoms with E-state index >= 15 is 0 Å². The van der Waals surface area contributed by atoms with Crippen LogP contribution in [0.4, 0.5) is 5.69 Å². The molecule has 0 bridgehead atoms. The SMILES string of the molecule is N#Cc1ccc(N2C(O)C(CCO)=C3CCCCC32)cc1Br. The molecule has 0 aromatic heterocycles. The second-order valence-electron chi connectivity index (χ2n) is 5.84. The topological polar surface area (TPSA) is 67.5 Å². The minimum absolute atomic E-state index is 0.0630. The minimum atomic E-state index is -0.676. The number of benzene rings is 1. The molecule has 1 aromatic rings. The highest BCUT2D eigenvalue weighted by molar-refractivity contribution is 9.10. The van der Waals surface area contributed by atoms with Crippen LogP contribution in [0.5, 0.6) is 0 Å². The van der Waals surface area contributed by atoms with E-state index in [1.165, 1.54) is 5.57 Å². The molecule has 1 saturated carbocycles. The summed E-state index contributed by atoms with van der Waals surface area (Å²) in [5.41, 5.74) is 3.78. The molecule has 2 atom stereocenters. The number of rotatable bonds is 3. The number of halogens is 1. The summed E-state index contributed by atoms with van der Waals surface area (Å²) in [7, 11) is 0. The molecule has 0 radical (unpaired) electrons. The van der Waals surface area contributed by atoms with Gasteiger partial charge in [0.1, 0.15) is 12.3 Å². The lowest BCUT2D eigenvalue weighted by atomic mass is 9.88. The van der Waals surface area contributed by atoms with Gasteiger partial charge < -0.3 is 15.1 Å². The van der Waals surface area contributed by atoms with Crippen LogP contribution in [0.25, 0.3) is 0 Å². The molecule has 0 amide bonds. The van der Waals surface area contributed by atoms with E-state index < -0.39 is 6.23 Å². The first kappa shape index (κ1) is 15.5. The zero-order valence-electron chi connectivity index (χ0n) is 12.3. The van der Waals surface area contributed by atoms with Crippen LogP contribution in [-0.4, -0.2) is 29.1 Å². The molecule has 1 aromatic carbocycles. The summed E-state index contributed by atoms with van der Waals surface area (Å²) in [6, 6.07) is 7.92. The Labute approximate surface area is 138 Å². The Morgan fingerprint density at radius 2 is 2.18 bits per heavy atom. The van der Waals surface area contributed by atoms with Crippen molar-refractivity contribution in [2.75, 3.05) is 11.5 Å². The van der Waals surface area contributed by atoms with E-state index in [1.807, 2.05) is 17.0 Å². The van der Waals surface area contributed by atoms with E-state index in [0.717, 1.165) is 41.4 Å². The van der Waals surface area contributed by atoms with Crippen molar-refractivity contribution in [2.45, 2.75) is 44.4 Å². The van der Waals surface area contributed by atoms with Gasteiger partial charge in [-0.1, -0.05) is 6.42 Å². The lowest BCUT2D eigenvalue weighted by Crippen LogP contribution is -2.39. The van der Waals surface area contributed by atoms with Crippen molar-refractivity contribution >= 4 is 21.6 Å². The molecule has 22 heavy (non-hydrogen) atoms. The van der Waals surface area contributed by atoms with Crippen molar-refractivity contribution < 1.29 is 10.2 Å². The fourth-order valence-electron chi connectivity index (χ4n) is 3.67. The molecule has 116 valence electrons. The van der Waals surface area contributed by atoms with Crippen molar-refractivity contribution in [1.29, 1.82) is 5.26 Å². The van der Waals surface area contributed by atoms with Crippen LogP contribution in [0, 0.1) is 11.3 Å². The summed E-state index contributed by atoms with van der Waals surface area (Å²) in [5.74, 6) is 0. The second kappa shape index (κ2) is 6.41. The summed E-state index contributed by atoms with van der Waals surface area (Å²) in [6.07, 6.45) is 4.19. The lowest BCUT2D eigenvalue weighted by Gasteiger charge is -2.34. The van der Waals surface area contributed by atoms with Gasteiger partial charge in [-0.2, -0.15) is 5.26 Å². The fraction of sp³-hybridized carbons (Fsp3) is 0.471. The Hall–Kier alpha value is -1.35. The summed E-state index contributed by atoms with van der Waals surface area (Å²) in [4.78, 5) is 2.03. The number of anilines is 1. The molecule has 5 heteroatoms. The Kier molecular flexibility index (Phi) is 4.53. The largest absolute Gasteiger partial charge is 0.396 e. The number of nitrogens with zero attached hydrogens (tertiary/aromatic N) is 2. The zero-order valence-corrected chi connectivity index (χ0v) is 13.9. The van der Waals surface area contributed by atoms with Crippen molar-refractivity contribution in [2.24, 2.45) is 0 Å². The zero-order chi connectivity index (χ0) is 15.7. The van der Waals surface area contributed by atoms with Gasteiger partial charge in [-0.3, -0.25) is 0 Å². The predicted molar refractivity (Wildman–Crippen MR) is 88.3 cm³/mol. The summed E-state index contributed by atoms with van der Waals surface area (Å²) in [5, 5.41) is 29.1. The average molecular weight is 363 g/mol. The van der Waals surface area contributed by atoms with E-state index in [4.69, 9.17) is 5.26 Å². The Bertz CT molecular complexity index is 647. The first-order valence-corrected chi connectivity index (χ1v) is 8.45. The van der Waals surface area contributed by atoms with Gasteiger partial charge in [0.05, 0.1) is 11.6 Å². The summed E-state index contributed by atoms with van der Waals surface area (Å²) >= 11 is 3.42. The van der Waals surface area contributed by atoms with E-state index in [2.05, 4.69) is 22.0 Å². The van der Waals surface area contributed by atoms with Crippen LogP contribution in [-0.2, 0) is 0 Å². The number of aliphatic hydroxyl groups excluding tert-OH is 2. The number of nitriles is 1. The third-order valence-corrected chi connectivity index (χ3v) is 5.31. The molecule has 2 aliphatic rings. The smallest absolute Gasteiger partial charge is 0.150 e. The van der Waals surface area contributed by atoms with Crippen molar-refractivity contribution in [3.63, 3.8) is 0 Å². The molecule has 4 nitrogen and oxygen atoms in total. The van der Waals surface area contributed by atoms with Crippen LogP contribution in [0.3, 0.4) is 0 Å². The molecule has 2 N–H and O–H groups in total. The van der Waals surface area contributed by atoms with Crippen molar-refractivity contribution in [1.82, 2.24) is 0 Å². The lowest BCUT2D eigenvalue weighted by molar-refractivity contribution is 0.196. The molecule has 0 saturated heterocycles. The Balaban J connectivity index is 1.98. The van der Waals surface area contributed by atoms with Gasteiger partial charge >= 0.3 is 0 Å². The quantitative estimate of drug-likeness (QED) is 0.810. The highest BCUT2D eigenvalue weighted by atomic mass is 79.9. The molecule has 1 heterocycles. The molecular weight excluding hydrogens is 344 g/mol. The van der Waals surface area contributed by atoms with E-state index in [1.54, 1.807) is 6.07 Å². The number of aliphatic hydroxyl groups is 2. The van der Waals surface area contributed by atoms with Gasteiger partial charge in [0.25, 0.3) is 0 Å². The minimum Gasteiger partial charge on any atom is -0.396 e. The van der Waals surface area contributed by atoms with Gasteiger partial charge in [0.15, 0.2) is 0 Å². The van der Waals surface area contributed by atoms with Crippen LogP contribution < -0.4 is 4.90 Å². The molecule has 1 aliphatic carbocycles. The second-order valence-corrected chi connectivity index (χ2v) is 6.70. The maximum Gasteiger partial charge on any atom is 0.150 e. The molecule has 1 aliphatic heterocycles. The summed E-state index contributed by atoms with van der Waals surface area (Å²) in [6.45, 7) is 0.0630. The fourth-order valence-corrected chi connectivity index (χ4v) is 4.12. The standard InChI is InChI=1S/C17H19BrN2O2/c18-15-9-12(6-5-11(15)10-19)20-16-4-2-1-3-13(16)14(7-8-21)17(20)22/h5-6,9,16-17,21-22H,1-4,7-8H2. The molecule has 1 fully saturated rings. The highest BCUT2D eigenvalue weighted by Crippen LogP contribution is 2.43. The third-order valence-electron chi connectivity index (χ3n) is 4.65. The average Bonchev–Trinajstić information content (AvgIpc) is 2.80. The van der Waals surface area contributed by atoms with Gasteiger partial charge in [-0.15, -0.1) is 0 Å². The van der Waals surface area contributed by atoms with Gasteiger partial charge in [-0.05, 0) is 71.0 Å². The van der Waals surface area contributed by atoms with Gasteiger partial charge in [-0.25, -0.2) is 0 Å². The van der Waals surface area contributed by atoms with Crippen LogP contribution in [0.15, 0.2) is 33.8 Å². The number of hydrogen-bond acceptors (Lipinski definition) is 4. The van der Waals surface area contributed by atoms with E-state index in [9.17, 15) is 10.2 Å². The van der Waals surface area contributed by atoms with Crippen LogP contribution in [0.2, 0.25) is 0 Å². The highest BCUT2D eigenvalue weighted by Gasteiger charge is 2.40. The van der Waals surface area contributed by atoms with Crippen molar-refractivity contribution in [3.05, 3.63) is 39.4 Å². The third kappa shape index (κ3) is 2.56. The van der Waals surface area contributed by atoms with Gasteiger partial charge in [0.2, 0.25) is 0 Å². The molecule has 2 unspecified atom stereocenters. The summed E-state index contributed by atoms with van der Waals surface area (Å²) < 4.78 is 0.743. The van der Waals surface area contributed by atoms with Crippen LogP contribution in [0.1, 0.15) is 37.7 Å².